The van der Waals surface area contributed by atoms with E-state index in [0.717, 1.165) is 23.1 Å². The molecule has 0 aliphatic carbocycles. The highest BCUT2D eigenvalue weighted by atomic mass is 79.9. The summed E-state index contributed by atoms with van der Waals surface area (Å²) in [4.78, 5) is 11.5. The predicted octanol–water partition coefficient (Wildman–Crippen LogP) is -7.26. The summed E-state index contributed by atoms with van der Waals surface area (Å²) in [7, 11) is 19.7. The Hall–Kier alpha value is -0.791. The van der Waals surface area contributed by atoms with E-state index in [1.54, 1.807) is 27.8 Å². The zero-order valence-corrected chi connectivity index (χ0v) is 23.0. The van der Waals surface area contributed by atoms with Crippen LogP contribution in [-0.4, -0.2) is 114 Å². The number of rotatable bonds is 6. The van der Waals surface area contributed by atoms with Crippen LogP contribution in [0.15, 0.2) is 18.2 Å². The molecule has 1 aliphatic heterocycles. The number of nitro groups is 1. The molecule has 0 radical (unpaired) electrons. The van der Waals surface area contributed by atoms with E-state index in [9.17, 15) is 15.2 Å². The minimum absolute atomic E-state index is 0.0944. The molecular weight excluding hydrogens is 460 g/mol. The molecule has 2 rings (SSSR count). The van der Waals surface area contributed by atoms with Crippen LogP contribution >= 0.6 is 16.1 Å². The number of nitrogens with zero attached hydrogens (tertiary/aromatic N) is 2. The zero-order valence-electron chi connectivity index (χ0n) is 21.4. The molecule has 0 fully saturated rings. The Kier molecular flexibility index (Phi) is 7.25. The van der Waals surface area contributed by atoms with Gasteiger partial charge in [-0.1, -0.05) is 11.2 Å². The second-order valence-electron chi connectivity index (χ2n) is 11.9. The molecule has 6 nitrogen and oxygen atoms in total. The third kappa shape index (κ3) is 5.00. The van der Waals surface area contributed by atoms with Crippen molar-refractivity contribution in [3.8, 4) is 5.75 Å². The number of benzene rings is 1. The van der Waals surface area contributed by atoms with E-state index < -0.39 is 20.9 Å². The van der Waals surface area contributed by atoms with Gasteiger partial charge in [0.15, 0.2) is 13.6 Å². The van der Waals surface area contributed by atoms with Gasteiger partial charge in [0, 0.05) is 27.6 Å². The summed E-state index contributed by atoms with van der Waals surface area (Å²) < 4.78 is 8.56. The van der Waals surface area contributed by atoms with Gasteiger partial charge in [-0.3, -0.25) is 14.0 Å². The largest absolute Gasteiger partial charge is 0.490 e. The van der Waals surface area contributed by atoms with E-state index in [1.807, 2.05) is 38.3 Å². The molecule has 17 heteroatoms. The van der Waals surface area contributed by atoms with Gasteiger partial charge in [0.05, 0.1) is 34.0 Å². The minimum Gasteiger partial charge on any atom is -0.490 e. The molecule has 0 bridgehead atoms. The van der Waals surface area contributed by atoms with Crippen molar-refractivity contribution in [3.63, 3.8) is 0 Å². The summed E-state index contributed by atoms with van der Waals surface area (Å²) in [6.07, 6.45) is 2.96. The lowest BCUT2D eigenvalue weighted by molar-refractivity contribution is -0.386. The first-order chi connectivity index (χ1) is 14.1. The average Bonchev–Trinajstić information content (AvgIpc) is 2.58. The van der Waals surface area contributed by atoms with Gasteiger partial charge in [-0.15, -0.1) is 0 Å². The Labute approximate surface area is 209 Å². The Balaban J connectivity index is 2.74. The Morgan fingerprint density at radius 2 is 1.69 bits per heavy atom. The van der Waals surface area contributed by atoms with E-state index >= 15 is 0 Å². The minimum atomic E-state index is -1.24. The monoisotopic (exact) mass is 490 g/mol. The molecule has 0 aromatic heterocycles. The Morgan fingerprint density at radius 3 is 2.09 bits per heavy atom. The molecule has 1 aromatic carbocycles. The van der Waals surface area contributed by atoms with E-state index in [-0.39, 0.29) is 22.1 Å². The van der Waals surface area contributed by atoms with E-state index in [1.165, 1.54) is 0 Å². The Morgan fingerprint density at radius 1 is 1.16 bits per heavy atom. The van der Waals surface area contributed by atoms with Crippen LogP contribution in [0.3, 0.4) is 0 Å². The van der Waals surface area contributed by atoms with Crippen molar-refractivity contribution in [1.82, 2.24) is 3.93 Å². The van der Waals surface area contributed by atoms with Crippen LogP contribution in [0.25, 0.3) is 5.57 Å². The van der Waals surface area contributed by atoms with Crippen LogP contribution in [0.1, 0.15) is 17.5 Å². The van der Waals surface area contributed by atoms with E-state index in [2.05, 4.69) is 57.5 Å². The third-order valence-corrected chi connectivity index (χ3v) is 8.82. The van der Waals surface area contributed by atoms with Crippen LogP contribution in [-0.2, 0) is 0 Å². The fourth-order valence-corrected chi connectivity index (χ4v) is 4.91. The molecule has 1 N–H and O–H groups in total. The number of ether oxygens (including phenoxy) is 1. The highest BCUT2D eigenvalue weighted by Gasteiger charge is 2.50. The molecule has 0 saturated carbocycles. The number of hydrogen-bond acceptors (Lipinski definition) is 5. The van der Waals surface area contributed by atoms with Crippen molar-refractivity contribution in [2.24, 2.45) is 0 Å². The molecule has 1 atom stereocenters. The van der Waals surface area contributed by atoms with Gasteiger partial charge in [-0.25, -0.2) is 0 Å². The van der Waals surface area contributed by atoms with Crippen molar-refractivity contribution in [3.05, 3.63) is 39.4 Å². The molecule has 1 aliphatic rings. The number of halogens is 1. The molecular formula is C15H29B10BrN2O4. The normalized spacial score (nSPS) is 20.7. The van der Waals surface area contributed by atoms with Gasteiger partial charge >= 0.3 is 5.69 Å². The summed E-state index contributed by atoms with van der Waals surface area (Å²) in [5.74, 6) is 0.174. The van der Waals surface area contributed by atoms with Crippen LogP contribution in [0, 0.1) is 17.0 Å². The zero-order chi connectivity index (χ0) is 25.1. The first-order valence-corrected chi connectivity index (χ1v) is 11.7. The van der Waals surface area contributed by atoms with Crippen molar-refractivity contribution in [2.45, 2.75) is 40.0 Å². The van der Waals surface area contributed by atoms with Crippen molar-refractivity contribution >= 4 is 106 Å². The summed E-state index contributed by atoms with van der Waals surface area (Å²) in [5, 5.41) is 20.8. The number of nitro benzene ring substituents is 1. The molecule has 0 saturated heterocycles. The second-order valence-corrected chi connectivity index (χ2v) is 12.6. The lowest BCUT2D eigenvalue weighted by Gasteiger charge is -2.51. The SMILES string of the molecule is BC1(B)C=C(c2cc(OC(B)(C(B)(B)B)C(B)(B)O)c([N+](=O)[O-])cc2C)CC(B)(B)N1Br. The highest BCUT2D eigenvalue weighted by molar-refractivity contribution is 9.07. The fraction of sp³-hybridized carbons (Fsp3) is 0.467. The van der Waals surface area contributed by atoms with Gasteiger partial charge < -0.3 is 9.84 Å². The standard InChI is InChI=1S/C15H29B10BrN2O4/c1-6-2-9(27(30)31)10(32-13(20,14(21,22)23)15(24,25)29)3-8(6)7-4-11(16,17)28(26)12(18,19)5-7/h2-4,29H,5,16-25H2,1H3. The first kappa shape index (κ1) is 27.5. The molecule has 0 amide bonds. The number of hydrogen-bond donors (Lipinski definition) is 1. The fourth-order valence-electron chi connectivity index (χ4n) is 4.68. The van der Waals surface area contributed by atoms with Crippen LogP contribution in [0.4, 0.5) is 5.69 Å². The van der Waals surface area contributed by atoms with Gasteiger partial charge in [0.1, 0.15) is 47.1 Å². The van der Waals surface area contributed by atoms with Gasteiger partial charge in [0.2, 0.25) is 0 Å². The maximum absolute atomic E-state index is 11.9. The van der Waals surface area contributed by atoms with Crippen molar-refractivity contribution in [2.75, 3.05) is 0 Å². The second kappa shape index (κ2) is 8.46. The van der Waals surface area contributed by atoms with Gasteiger partial charge in [-0.05, 0) is 46.8 Å². The van der Waals surface area contributed by atoms with Crippen molar-refractivity contribution in [1.29, 1.82) is 0 Å². The van der Waals surface area contributed by atoms with Gasteiger partial charge in [-0.2, -0.15) is 0 Å². The van der Waals surface area contributed by atoms with Crippen molar-refractivity contribution < 1.29 is 14.8 Å². The molecule has 1 unspecified atom stereocenters. The summed E-state index contributed by atoms with van der Waals surface area (Å²) >= 11 is 3.73. The maximum atomic E-state index is 11.9. The Bertz CT molecular complexity index is 947. The molecule has 160 valence electrons. The van der Waals surface area contributed by atoms with Crippen LogP contribution in [0.5, 0.6) is 5.75 Å². The average molecular weight is 489 g/mol. The molecule has 1 heterocycles. The quantitative estimate of drug-likeness (QED) is 0.186. The number of aliphatic hydroxyl groups is 1. The van der Waals surface area contributed by atoms with E-state index in [4.69, 9.17) is 4.74 Å². The maximum Gasteiger partial charge on any atom is 0.311 e. The topological polar surface area (TPSA) is 75.8 Å². The predicted molar refractivity (Wildman–Crippen MR) is 163 cm³/mol. The molecule has 32 heavy (non-hydrogen) atoms. The first-order valence-electron chi connectivity index (χ1n) is 11.0. The molecule has 1 aromatic rings. The highest BCUT2D eigenvalue weighted by Crippen LogP contribution is 2.44. The summed E-state index contributed by atoms with van der Waals surface area (Å²) in [5.41, 5.74) is 1.70. The summed E-state index contributed by atoms with van der Waals surface area (Å²) in [6, 6.07) is 3.37. The molecule has 0 spiro atoms. The summed E-state index contributed by atoms with van der Waals surface area (Å²) in [6.45, 7) is 1.90. The lowest BCUT2D eigenvalue weighted by atomic mass is 9.26. The number of aryl methyl sites for hydroxylation is 1. The van der Waals surface area contributed by atoms with Crippen LogP contribution in [0.2, 0.25) is 5.11 Å². The van der Waals surface area contributed by atoms with E-state index in [0.29, 0.717) is 0 Å². The van der Waals surface area contributed by atoms with Gasteiger partial charge in [0.25, 0.3) is 0 Å². The lowest BCUT2D eigenvalue weighted by Crippen LogP contribution is -2.67. The smallest absolute Gasteiger partial charge is 0.311 e. The van der Waals surface area contributed by atoms with Crippen LogP contribution < -0.4 is 4.74 Å². The third-order valence-electron chi connectivity index (χ3n) is 6.95.